The van der Waals surface area contributed by atoms with Gasteiger partial charge >= 0.3 is 6.09 Å². The van der Waals surface area contributed by atoms with Crippen molar-refractivity contribution in [1.29, 1.82) is 5.26 Å². The molecule has 0 unspecified atom stereocenters. The number of nitrogens with one attached hydrogen (secondary N) is 1. The van der Waals surface area contributed by atoms with Crippen LogP contribution in [0.1, 0.15) is 28.3 Å². The van der Waals surface area contributed by atoms with E-state index >= 15 is 0 Å². The smallest absolute Gasteiger partial charge is 0.407 e. The van der Waals surface area contributed by atoms with Gasteiger partial charge in [-0.05, 0) is 39.9 Å². The summed E-state index contributed by atoms with van der Waals surface area (Å²) in [4.78, 5) is 16.0. The van der Waals surface area contributed by atoms with E-state index in [9.17, 15) is 4.79 Å². The maximum absolute atomic E-state index is 12.1. The normalized spacial score (nSPS) is 12.2. The van der Waals surface area contributed by atoms with Gasteiger partial charge in [0.25, 0.3) is 0 Å². The van der Waals surface area contributed by atoms with Crippen molar-refractivity contribution in [3.05, 3.63) is 95.3 Å². The predicted octanol–water partition coefficient (Wildman–Crippen LogP) is 4.51. The highest BCUT2D eigenvalue weighted by molar-refractivity contribution is 5.79. The number of fused-ring (bicyclic) bond motifs is 3. The Bertz CT molecular complexity index is 1070. The third-order valence-corrected chi connectivity index (χ3v) is 4.92. The standard InChI is InChI=1S/C24H19N3O2/c25-15-18-14-17(11-13-26-18)6-5-12-27-24(28)29-16-23-21-9-3-1-7-19(21)20-8-2-4-10-22(20)23/h1-11,13-14,23H,12,16H2,(H,27,28). The van der Waals surface area contributed by atoms with Crippen LogP contribution >= 0.6 is 0 Å². The Kier molecular flexibility index (Phi) is 5.35. The van der Waals surface area contributed by atoms with E-state index in [0.29, 0.717) is 18.8 Å². The number of amides is 1. The minimum absolute atomic E-state index is 0.0462. The van der Waals surface area contributed by atoms with Gasteiger partial charge in [0.05, 0.1) is 0 Å². The fraction of sp³-hybridized carbons (Fsp3) is 0.125. The largest absolute Gasteiger partial charge is 0.449 e. The van der Waals surface area contributed by atoms with E-state index in [0.717, 1.165) is 5.56 Å². The molecule has 1 aliphatic carbocycles. The summed E-state index contributed by atoms with van der Waals surface area (Å²) in [6, 6.07) is 22.0. The molecule has 4 rings (SSSR count). The van der Waals surface area contributed by atoms with Crippen molar-refractivity contribution in [3.63, 3.8) is 0 Å². The summed E-state index contributed by atoms with van der Waals surface area (Å²) in [5.74, 6) is 0.0462. The summed E-state index contributed by atoms with van der Waals surface area (Å²) < 4.78 is 5.49. The number of benzene rings is 2. The minimum atomic E-state index is -0.455. The van der Waals surface area contributed by atoms with Crippen LogP contribution in [0.5, 0.6) is 0 Å². The molecule has 0 fully saturated rings. The van der Waals surface area contributed by atoms with Crippen molar-refractivity contribution in [1.82, 2.24) is 10.3 Å². The number of hydrogen-bond acceptors (Lipinski definition) is 4. The van der Waals surface area contributed by atoms with Crippen LogP contribution in [-0.2, 0) is 4.74 Å². The lowest BCUT2D eigenvalue weighted by atomic mass is 9.98. The number of hydrogen-bond donors (Lipinski definition) is 1. The monoisotopic (exact) mass is 381 g/mol. The molecule has 0 spiro atoms. The molecule has 5 heteroatoms. The summed E-state index contributed by atoms with van der Waals surface area (Å²) in [6.07, 6.45) is 4.76. The first-order chi connectivity index (χ1) is 14.3. The van der Waals surface area contributed by atoms with E-state index in [1.54, 1.807) is 24.4 Å². The van der Waals surface area contributed by atoms with Gasteiger partial charge < -0.3 is 10.1 Å². The number of nitrogens with zero attached hydrogens (tertiary/aromatic N) is 2. The van der Waals surface area contributed by atoms with Crippen molar-refractivity contribution < 1.29 is 9.53 Å². The Morgan fingerprint density at radius 3 is 2.48 bits per heavy atom. The van der Waals surface area contributed by atoms with E-state index in [1.807, 2.05) is 36.4 Å². The van der Waals surface area contributed by atoms with Crippen LogP contribution in [0.15, 0.2) is 72.9 Å². The molecule has 2 aromatic carbocycles. The molecule has 0 radical (unpaired) electrons. The molecule has 1 amide bonds. The Morgan fingerprint density at radius 1 is 1.10 bits per heavy atom. The molecule has 1 heterocycles. The lowest BCUT2D eigenvalue weighted by Crippen LogP contribution is -2.26. The van der Waals surface area contributed by atoms with Crippen molar-refractivity contribution in [3.8, 4) is 17.2 Å². The fourth-order valence-electron chi connectivity index (χ4n) is 3.60. The molecular weight excluding hydrogens is 362 g/mol. The van der Waals surface area contributed by atoms with E-state index < -0.39 is 6.09 Å². The second kappa shape index (κ2) is 8.41. The van der Waals surface area contributed by atoms with Crippen LogP contribution in [0, 0.1) is 11.3 Å². The van der Waals surface area contributed by atoms with Crippen LogP contribution in [0.2, 0.25) is 0 Å². The highest BCUT2D eigenvalue weighted by Gasteiger charge is 2.28. The molecule has 1 aromatic heterocycles. The number of aromatic nitrogens is 1. The fourth-order valence-corrected chi connectivity index (χ4v) is 3.60. The Hall–Kier alpha value is -3.91. The number of carbonyl (C=O) groups excluding carboxylic acids is 1. The average Bonchev–Trinajstić information content (AvgIpc) is 3.09. The SMILES string of the molecule is N#Cc1cc(C=CCNC(=O)OCC2c3ccccc3-c3ccccc32)ccn1. The molecular formula is C24H19N3O2. The van der Waals surface area contributed by atoms with Crippen LogP contribution < -0.4 is 5.32 Å². The van der Waals surface area contributed by atoms with Crippen molar-refractivity contribution >= 4 is 12.2 Å². The van der Waals surface area contributed by atoms with Crippen molar-refractivity contribution in [2.45, 2.75) is 5.92 Å². The zero-order valence-electron chi connectivity index (χ0n) is 15.7. The summed E-state index contributed by atoms with van der Waals surface area (Å²) in [7, 11) is 0. The topological polar surface area (TPSA) is 75.0 Å². The van der Waals surface area contributed by atoms with Crippen LogP contribution in [0.4, 0.5) is 4.79 Å². The molecule has 142 valence electrons. The van der Waals surface area contributed by atoms with Crippen molar-refractivity contribution in [2.24, 2.45) is 0 Å². The third kappa shape index (κ3) is 4.02. The minimum Gasteiger partial charge on any atom is -0.449 e. The molecule has 3 aromatic rings. The molecule has 5 nitrogen and oxygen atoms in total. The lowest BCUT2D eigenvalue weighted by Gasteiger charge is -2.14. The maximum Gasteiger partial charge on any atom is 0.407 e. The number of pyridine rings is 1. The van der Waals surface area contributed by atoms with E-state index in [4.69, 9.17) is 10.00 Å². The van der Waals surface area contributed by atoms with Crippen LogP contribution in [0.3, 0.4) is 0 Å². The average molecular weight is 381 g/mol. The Balaban J connectivity index is 1.33. The van der Waals surface area contributed by atoms with Gasteiger partial charge in [0.15, 0.2) is 0 Å². The molecule has 0 bridgehead atoms. The van der Waals surface area contributed by atoms with Gasteiger partial charge in [-0.1, -0.05) is 60.7 Å². The highest BCUT2D eigenvalue weighted by Crippen LogP contribution is 2.44. The van der Waals surface area contributed by atoms with Gasteiger partial charge in [-0.25, -0.2) is 9.78 Å². The van der Waals surface area contributed by atoms with Crippen LogP contribution in [-0.4, -0.2) is 24.2 Å². The number of nitriles is 1. The number of carbonyl (C=O) groups is 1. The first kappa shape index (κ1) is 18.5. The van der Waals surface area contributed by atoms with E-state index in [2.05, 4.69) is 34.6 Å². The number of rotatable bonds is 5. The zero-order chi connectivity index (χ0) is 20.1. The lowest BCUT2D eigenvalue weighted by molar-refractivity contribution is 0.144. The van der Waals surface area contributed by atoms with Gasteiger partial charge in [0.2, 0.25) is 0 Å². The Morgan fingerprint density at radius 2 is 1.79 bits per heavy atom. The first-order valence-corrected chi connectivity index (χ1v) is 9.38. The van der Waals surface area contributed by atoms with E-state index in [-0.39, 0.29) is 5.92 Å². The summed E-state index contributed by atoms with van der Waals surface area (Å²) in [6.45, 7) is 0.625. The van der Waals surface area contributed by atoms with Gasteiger partial charge in [0, 0.05) is 18.7 Å². The van der Waals surface area contributed by atoms with E-state index in [1.165, 1.54) is 22.3 Å². The summed E-state index contributed by atoms with van der Waals surface area (Å²) in [5.41, 5.74) is 5.99. The van der Waals surface area contributed by atoms with Gasteiger partial charge in [-0.15, -0.1) is 0 Å². The van der Waals surface area contributed by atoms with Crippen molar-refractivity contribution in [2.75, 3.05) is 13.2 Å². The molecule has 0 saturated heterocycles. The predicted molar refractivity (Wildman–Crippen MR) is 111 cm³/mol. The summed E-state index contributed by atoms with van der Waals surface area (Å²) in [5, 5.41) is 11.6. The molecule has 0 atom stereocenters. The number of alkyl carbamates (subject to hydrolysis) is 1. The molecule has 29 heavy (non-hydrogen) atoms. The van der Waals surface area contributed by atoms with Gasteiger partial charge in [-0.3, -0.25) is 0 Å². The molecule has 0 saturated carbocycles. The Labute approximate surface area is 169 Å². The zero-order valence-corrected chi connectivity index (χ0v) is 15.7. The third-order valence-electron chi connectivity index (χ3n) is 4.92. The summed E-state index contributed by atoms with van der Waals surface area (Å²) >= 11 is 0. The maximum atomic E-state index is 12.1. The second-order valence-electron chi connectivity index (χ2n) is 6.70. The number of ether oxygens (including phenoxy) is 1. The van der Waals surface area contributed by atoms with Gasteiger partial charge in [0.1, 0.15) is 18.4 Å². The molecule has 0 aliphatic heterocycles. The first-order valence-electron chi connectivity index (χ1n) is 9.38. The van der Waals surface area contributed by atoms with Gasteiger partial charge in [-0.2, -0.15) is 5.26 Å². The highest BCUT2D eigenvalue weighted by atomic mass is 16.5. The molecule has 1 N–H and O–H groups in total. The quantitative estimate of drug-likeness (QED) is 0.706. The van der Waals surface area contributed by atoms with Crippen LogP contribution in [0.25, 0.3) is 17.2 Å². The molecule has 1 aliphatic rings. The second-order valence-corrected chi connectivity index (χ2v) is 6.70.